The number of nitrogens with zero attached hydrogens (tertiary/aromatic N) is 2. The summed E-state index contributed by atoms with van der Waals surface area (Å²) in [6, 6.07) is 27.5. The predicted molar refractivity (Wildman–Crippen MR) is 164 cm³/mol. The average Bonchev–Trinajstić information content (AvgIpc) is 3.64. The molecule has 2 atom stereocenters. The van der Waals surface area contributed by atoms with Gasteiger partial charge in [0.15, 0.2) is 5.11 Å². The fourth-order valence-electron chi connectivity index (χ4n) is 5.02. The molecular weight excluding hydrogens is 566 g/mol. The first kappa shape index (κ1) is 27.7. The minimum atomic E-state index is -1.24. The number of carbonyl (C=O) groups is 2. The van der Waals surface area contributed by atoms with Crippen molar-refractivity contribution in [2.24, 2.45) is 0 Å². The van der Waals surface area contributed by atoms with Gasteiger partial charge in [0.1, 0.15) is 29.1 Å². The number of carboxylic acids is 2. The van der Waals surface area contributed by atoms with Crippen molar-refractivity contribution in [2.45, 2.75) is 19.0 Å². The van der Waals surface area contributed by atoms with Gasteiger partial charge in [-0.15, -0.1) is 0 Å². The number of aromatic nitrogens is 1. The second-order valence-corrected chi connectivity index (χ2v) is 10.4. The third-order valence-corrected chi connectivity index (χ3v) is 7.41. The van der Waals surface area contributed by atoms with Gasteiger partial charge in [0.2, 0.25) is 0 Å². The van der Waals surface area contributed by atoms with Crippen LogP contribution in [-0.4, -0.2) is 32.2 Å². The zero-order valence-corrected chi connectivity index (χ0v) is 23.6. The van der Waals surface area contributed by atoms with Crippen molar-refractivity contribution in [3.63, 3.8) is 0 Å². The van der Waals surface area contributed by atoms with Crippen LogP contribution in [0.1, 0.15) is 49.8 Å². The summed E-state index contributed by atoms with van der Waals surface area (Å²) in [5.74, 6) is -0.242. The van der Waals surface area contributed by atoms with Crippen molar-refractivity contribution < 1.29 is 29.0 Å². The molecule has 6 rings (SSSR count). The number of thiocarbonyl (C=S) groups is 1. The van der Waals surface area contributed by atoms with E-state index in [0.29, 0.717) is 27.9 Å². The van der Waals surface area contributed by atoms with Crippen molar-refractivity contribution in [2.75, 3.05) is 4.90 Å². The number of aryl methyl sites for hydroxylation is 1. The number of hydrogen-bond donors (Lipinski definition) is 3. The molecule has 2 aromatic heterocycles. The molecular formula is C33H25N3O6S. The summed E-state index contributed by atoms with van der Waals surface area (Å²) in [4.78, 5) is 29.8. The van der Waals surface area contributed by atoms with Crippen LogP contribution in [0.2, 0.25) is 0 Å². The molecule has 1 fully saturated rings. The highest BCUT2D eigenvalue weighted by molar-refractivity contribution is 7.80. The fraction of sp³-hybridized carbons (Fsp3) is 0.0909. The Morgan fingerprint density at radius 2 is 1.53 bits per heavy atom. The van der Waals surface area contributed by atoms with E-state index >= 15 is 0 Å². The molecule has 0 radical (unpaired) electrons. The van der Waals surface area contributed by atoms with E-state index in [0.717, 1.165) is 28.8 Å². The summed E-state index contributed by atoms with van der Waals surface area (Å²) in [6.45, 7) is 2.02. The highest BCUT2D eigenvalue weighted by Gasteiger charge is 2.42. The molecule has 10 heteroatoms. The Morgan fingerprint density at radius 1 is 0.884 bits per heavy atom. The summed E-state index contributed by atoms with van der Waals surface area (Å²) in [6.07, 6.45) is 1.70. The van der Waals surface area contributed by atoms with Crippen LogP contribution < -0.4 is 15.0 Å². The van der Waals surface area contributed by atoms with Crippen LogP contribution in [0.3, 0.4) is 0 Å². The number of nitrogens with one attached hydrogen (secondary N) is 1. The molecule has 1 aliphatic heterocycles. The van der Waals surface area contributed by atoms with E-state index in [9.17, 15) is 19.8 Å². The maximum atomic E-state index is 11.7. The Balaban J connectivity index is 1.37. The van der Waals surface area contributed by atoms with Crippen LogP contribution >= 0.6 is 12.2 Å². The summed E-state index contributed by atoms with van der Waals surface area (Å²) < 4.78 is 12.3. The number of aromatic carboxylic acids is 2. The van der Waals surface area contributed by atoms with E-state index in [4.69, 9.17) is 21.4 Å². The summed E-state index contributed by atoms with van der Waals surface area (Å²) in [7, 11) is 0. The quantitative estimate of drug-likeness (QED) is 0.162. The topological polar surface area (TPSA) is 125 Å². The molecule has 1 saturated heterocycles. The number of pyridine rings is 1. The van der Waals surface area contributed by atoms with E-state index in [-0.39, 0.29) is 17.2 Å². The third-order valence-electron chi connectivity index (χ3n) is 7.10. The van der Waals surface area contributed by atoms with Crippen molar-refractivity contribution >= 4 is 35.0 Å². The van der Waals surface area contributed by atoms with Gasteiger partial charge in [-0.2, -0.15) is 0 Å². The van der Waals surface area contributed by atoms with Crippen LogP contribution in [0.4, 0.5) is 5.69 Å². The van der Waals surface area contributed by atoms with Gasteiger partial charge >= 0.3 is 11.9 Å². The van der Waals surface area contributed by atoms with Crippen molar-refractivity contribution in [1.82, 2.24) is 10.3 Å². The van der Waals surface area contributed by atoms with E-state index in [1.165, 1.54) is 12.1 Å². The number of anilines is 1. The molecule has 0 aliphatic carbocycles. The van der Waals surface area contributed by atoms with Crippen molar-refractivity contribution in [3.8, 4) is 22.8 Å². The lowest BCUT2D eigenvalue weighted by atomic mass is 10.0. The monoisotopic (exact) mass is 591 g/mol. The van der Waals surface area contributed by atoms with Crippen LogP contribution in [-0.2, 0) is 0 Å². The highest BCUT2D eigenvalue weighted by Crippen LogP contribution is 2.43. The van der Waals surface area contributed by atoms with Gasteiger partial charge < -0.3 is 29.6 Å². The minimum Gasteiger partial charge on any atom is -0.478 e. The zero-order valence-electron chi connectivity index (χ0n) is 22.8. The predicted octanol–water partition coefficient (Wildman–Crippen LogP) is 7.02. The van der Waals surface area contributed by atoms with Gasteiger partial charge in [0.25, 0.3) is 0 Å². The summed E-state index contributed by atoms with van der Waals surface area (Å²) in [5, 5.41) is 22.9. The lowest BCUT2D eigenvalue weighted by Gasteiger charge is -2.26. The first-order valence-electron chi connectivity index (χ1n) is 13.3. The number of carboxylic acid groups (broad SMARTS) is 2. The second-order valence-electron chi connectivity index (χ2n) is 10.0. The molecule has 5 aromatic rings. The standard InChI is InChI=1S/C33H25N3O6S/c1-19-5-9-24(10-6-19)41-25-11-7-23(8-12-25)36-30(29(35-33(36)43)26-4-2-3-15-34-26)28-14-13-27(42-28)20-16-21(31(37)38)18-22(17-20)32(39)40/h2-18,29-30H,1H3,(H,35,43)(H,37,38)(H,39,40). The molecule has 9 nitrogen and oxygen atoms in total. The van der Waals surface area contributed by atoms with Crippen LogP contribution in [0.25, 0.3) is 11.3 Å². The van der Waals surface area contributed by atoms with Gasteiger partial charge in [-0.05, 0) is 98.0 Å². The van der Waals surface area contributed by atoms with Crippen molar-refractivity contribution in [1.29, 1.82) is 0 Å². The summed E-state index contributed by atoms with van der Waals surface area (Å²) in [5.41, 5.74) is 2.70. The maximum Gasteiger partial charge on any atom is 0.335 e. The van der Waals surface area contributed by atoms with Gasteiger partial charge in [-0.25, -0.2) is 9.59 Å². The first-order chi connectivity index (χ1) is 20.8. The van der Waals surface area contributed by atoms with E-state index in [1.54, 1.807) is 18.3 Å². The Bertz CT molecular complexity index is 1790. The summed E-state index contributed by atoms with van der Waals surface area (Å²) >= 11 is 5.80. The zero-order chi connectivity index (χ0) is 30.1. The van der Waals surface area contributed by atoms with Gasteiger partial charge in [0, 0.05) is 17.4 Å². The molecule has 43 heavy (non-hydrogen) atoms. The number of benzene rings is 3. The average molecular weight is 592 g/mol. The third kappa shape index (κ3) is 5.68. The Hall–Kier alpha value is -5.48. The Morgan fingerprint density at radius 3 is 2.14 bits per heavy atom. The molecule has 3 N–H and O–H groups in total. The van der Waals surface area contributed by atoms with E-state index in [1.807, 2.05) is 78.6 Å². The minimum absolute atomic E-state index is 0.155. The van der Waals surface area contributed by atoms with E-state index in [2.05, 4.69) is 10.3 Å². The Kier molecular flexibility index (Phi) is 7.35. The normalized spacial score (nSPS) is 16.1. The first-order valence-corrected chi connectivity index (χ1v) is 13.7. The van der Waals surface area contributed by atoms with Crippen LogP contribution in [0.5, 0.6) is 11.5 Å². The maximum absolute atomic E-state index is 11.7. The molecule has 0 saturated carbocycles. The molecule has 1 aliphatic rings. The molecule has 214 valence electrons. The molecule has 0 bridgehead atoms. The molecule has 2 unspecified atom stereocenters. The molecule has 3 aromatic carbocycles. The largest absolute Gasteiger partial charge is 0.478 e. The molecule has 0 amide bonds. The van der Waals surface area contributed by atoms with Gasteiger partial charge in [-0.3, -0.25) is 4.98 Å². The van der Waals surface area contributed by atoms with Gasteiger partial charge in [0.05, 0.1) is 22.9 Å². The lowest BCUT2D eigenvalue weighted by Crippen LogP contribution is -2.29. The lowest BCUT2D eigenvalue weighted by molar-refractivity contribution is 0.0696. The van der Waals surface area contributed by atoms with Crippen molar-refractivity contribution in [3.05, 3.63) is 131 Å². The smallest absolute Gasteiger partial charge is 0.335 e. The fourth-order valence-corrected chi connectivity index (χ4v) is 5.37. The van der Waals surface area contributed by atoms with Gasteiger partial charge in [-0.1, -0.05) is 23.8 Å². The molecule has 3 heterocycles. The number of ether oxygens (including phenoxy) is 1. The highest BCUT2D eigenvalue weighted by atomic mass is 32.1. The SMILES string of the molecule is Cc1ccc(Oc2ccc(N3C(=S)NC(c4ccccn4)C3c3ccc(-c4cc(C(=O)O)cc(C(=O)O)c4)o3)cc2)cc1. The number of furan rings is 1. The second kappa shape index (κ2) is 11.4. The number of rotatable bonds is 8. The number of hydrogen-bond acceptors (Lipinski definition) is 6. The van der Waals surface area contributed by atoms with Crippen LogP contribution in [0, 0.1) is 6.92 Å². The van der Waals surface area contributed by atoms with Crippen LogP contribution in [0.15, 0.2) is 108 Å². The Labute approximate surface area is 252 Å². The van der Waals surface area contributed by atoms with E-state index < -0.39 is 18.0 Å². The molecule has 0 spiro atoms.